The van der Waals surface area contributed by atoms with E-state index in [1.54, 1.807) is 6.07 Å². The lowest BCUT2D eigenvalue weighted by molar-refractivity contribution is -0.139. The molecule has 2 rings (SSSR count). The number of alkyl halides is 3. The van der Waals surface area contributed by atoms with Crippen LogP contribution in [0.4, 0.5) is 13.2 Å². The summed E-state index contributed by atoms with van der Waals surface area (Å²) in [6.45, 7) is 5.16. The normalized spacial score (nSPS) is 19.2. The van der Waals surface area contributed by atoms with Crippen LogP contribution in [-0.2, 0) is 17.5 Å². The fourth-order valence-corrected chi connectivity index (χ4v) is 2.12. The molecule has 0 aliphatic carbocycles. The number of halogens is 3. The molecule has 0 bridgehead atoms. The van der Waals surface area contributed by atoms with Crippen molar-refractivity contribution >= 4 is 0 Å². The first kappa shape index (κ1) is 16.1. The highest BCUT2D eigenvalue weighted by atomic mass is 19.4. The highest BCUT2D eigenvalue weighted by Crippen LogP contribution is 2.37. The molecule has 118 valence electrons. The van der Waals surface area contributed by atoms with Crippen LogP contribution in [0.2, 0.25) is 0 Å². The highest BCUT2D eigenvalue weighted by molar-refractivity contribution is 5.39. The molecule has 1 aromatic carbocycles. The van der Waals surface area contributed by atoms with E-state index in [2.05, 4.69) is 5.32 Å². The topological polar surface area (TPSA) is 30.5 Å². The molecule has 1 atom stereocenters. The molecule has 1 unspecified atom stereocenters. The van der Waals surface area contributed by atoms with E-state index in [0.717, 1.165) is 6.07 Å². The van der Waals surface area contributed by atoms with Gasteiger partial charge in [-0.3, -0.25) is 0 Å². The van der Waals surface area contributed by atoms with Crippen molar-refractivity contribution in [1.82, 2.24) is 5.32 Å². The minimum Gasteiger partial charge on any atom is -0.487 e. The Kier molecular flexibility index (Phi) is 5.11. The molecular formula is C15H20F3NO2. The molecule has 1 fully saturated rings. The van der Waals surface area contributed by atoms with Gasteiger partial charge in [0.25, 0.3) is 0 Å². The molecule has 0 spiro atoms. The zero-order chi connectivity index (χ0) is 15.5. The predicted octanol–water partition coefficient (Wildman–Crippen LogP) is 3.37. The van der Waals surface area contributed by atoms with Crippen LogP contribution >= 0.6 is 0 Å². The summed E-state index contributed by atoms with van der Waals surface area (Å²) in [6.07, 6.45) is -4.11. The van der Waals surface area contributed by atoms with Gasteiger partial charge in [-0.15, -0.1) is 0 Å². The Morgan fingerprint density at radius 1 is 1.38 bits per heavy atom. The second-order valence-corrected chi connectivity index (χ2v) is 5.47. The van der Waals surface area contributed by atoms with E-state index in [1.165, 1.54) is 6.07 Å². The monoisotopic (exact) mass is 303 g/mol. The number of nitrogens with one attached hydrogen (secondary N) is 1. The van der Waals surface area contributed by atoms with E-state index in [9.17, 15) is 13.2 Å². The first-order valence-electron chi connectivity index (χ1n) is 7.04. The van der Waals surface area contributed by atoms with Crippen molar-refractivity contribution in [3.8, 4) is 5.75 Å². The number of ether oxygens (including phenoxy) is 2. The van der Waals surface area contributed by atoms with Gasteiger partial charge in [0, 0.05) is 19.0 Å². The SMILES string of the molecule is CC(C)NCc1ccc(OC2CCOC2)c(C(F)(F)F)c1. The van der Waals surface area contributed by atoms with Gasteiger partial charge in [0.2, 0.25) is 0 Å². The third-order valence-corrected chi connectivity index (χ3v) is 3.25. The van der Waals surface area contributed by atoms with Crippen molar-refractivity contribution in [2.75, 3.05) is 13.2 Å². The molecule has 1 aliphatic rings. The second-order valence-electron chi connectivity index (χ2n) is 5.47. The maximum atomic E-state index is 13.2. The molecule has 3 nitrogen and oxygen atoms in total. The Labute approximate surface area is 122 Å². The first-order valence-corrected chi connectivity index (χ1v) is 7.04. The number of hydrogen-bond donors (Lipinski definition) is 1. The smallest absolute Gasteiger partial charge is 0.419 e. The van der Waals surface area contributed by atoms with Crippen LogP contribution in [0.5, 0.6) is 5.75 Å². The number of hydrogen-bond acceptors (Lipinski definition) is 3. The van der Waals surface area contributed by atoms with E-state index in [1.807, 2.05) is 13.8 Å². The molecule has 0 radical (unpaired) electrons. The van der Waals surface area contributed by atoms with Gasteiger partial charge in [0.1, 0.15) is 11.9 Å². The van der Waals surface area contributed by atoms with Crippen molar-refractivity contribution < 1.29 is 22.6 Å². The van der Waals surface area contributed by atoms with Crippen LogP contribution in [-0.4, -0.2) is 25.4 Å². The van der Waals surface area contributed by atoms with Gasteiger partial charge in [-0.2, -0.15) is 13.2 Å². The molecule has 1 heterocycles. The zero-order valence-corrected chi connectivity index (χ0v) is 12.2. The summed E-state index contributed by atoms with van der Waals surface area (Å²) in [5.41, 5.74) is -0.136. The Morgan fingerprint density at radius 2 is 2.14 bits per heavy atom. The molecular weight excluding hydrogens is 283 g/mol. The lowest BCUT2D eigenvalue weighted by Crippen LogP contribution is -2.22. The Morgan fingerprint density at radius 3 is 2.71 bits per heavy atom. The first-order chi connectivity index (χ1) is 9.86. The maximum Gasteiger partial charge on any atom is 0.419 e. The summed E-state index contributed by atoms with van der Waals surface area (Å²) in [4.78, 5) is 0. The summed E-state index contributed by atoms with van der Waals surface area (Å²) in [5.74, 6) is -0.119. The van der Waals surface area contributed by atoms with Gasteiger partial charge in [-0.25, -0.2) is 0 Å². The molecule has 0 aromatic heterocycles. The fourth-order valence-electron chi connectivity index (χ4n) is 2.12. The minimum atomic E-state index is -4.43. The van der Waals surface area contributed by atoms with Crippen LogP contribution in [0.1, 0.15) is 31.4 Å². The Hall–Kier alpha value is -1.27. The van der Waals surface area contributed by atoms with Gasteiger partial charge >= 0.3 is 6.18 Å². The Bertz CT molecular complexity index is 468. The van der Waals surface area contributed by atoms with Gasteiger partial charge < -0.3 is 14.8 Å². The quantitative estimate of drug-likeness (QED) is 0.904. The van der Waals surface area contributed by atoms with E-state index < -0.39 is 11.7 Å². The van der Waals surface area contributed by atoms with Crippen LogP contribution in [0.25, 0.3) is 0 Å². The van der Waals surface area contributed by atoms with Crippen LogP contribution < -0.4 is 10.1 Å². The summed E-state index contributed by atoms with van der Waals surface area (Å²) >= 11 is 0. The third-order valence-electron chi connectivity index (χ3n) is 3.25. The fraction of sp³-hybridized carbons (Fsp3) is 0.600. The molecule has 1 aliphatic heterocycles. The van der Waals surface area contributed by atoms with Crippen LogP contribution in [0.3, 0.4) is 0 Å². The van der Waals surface area contributed by atoms with Gasteiger partial charge in [0.15, 0.2) is 0 Å². The standard InChI is InChI=1S/C15H20F3NO2/c1-10(2)19-8-11-3-4-14(13(7-11)15(16,17)18)21-12-5-6-20-9-12/h3-4,7,10,12,19H,5-6,8-9H2,1-2H3. The zero-order valence-electron chi connectivity index (χ0n) is 12.2. The number of benzene rings is 1. The van der Waals surface area contributed by atoms with Crippen LogP contribution in [0.15, 0.2) is 18.2 Å². The van der Waals surface area contributed by atoms with Crippen molar-refractivity contribution in [3.05, 3.63) is 29.3 Å². The average Bonchev–Trinajstić information content (AvgIpc) is 2.89. The molecule has 1 N–H and O–H groups in total. The van der Waals surface area contributed by atoms with E-state index in [-0.39, 0.29) is 17.9 Å². The lowest BCUT2D eigenvalue weighted by atomic mass is 10.1. The Balaban J connectivity index is 2.18. The molecule has 0 amide bonds. The predicted molar refractivity (Wildman–Crippen MR) is 73.3 cm³/mol. The summed E-state index contributed by atoms with van der Waals surface area (Å²) in [7, 11) is 0. The second kappa shape index (κ2) is 6.66. The average molecular weight is 303 g/mol. The van der Waals surface area contributed by atoms with Crippen molar-refractivity contribution in [1.29, 1.82) is 0 Å². The molecule has 1 saturated heterocycles. The summed E-state index contributed by atoms with van der Waals surface area (Å²) in [5, 5.41) is 3.10. The number of rotatable bonds is 5. The van der Waals surface area contributed by atoms with E-state index >= 15 is 0 Å². The summed E-state index contributed by atoms with van der Waals surface area (Å²) in [6, 6.07) is 4.43. The van der Waals surface area contributed by atoms with Crippen LogP contribution in [0, 0.1) is 0 Å². The molecule has 1 aromatic rings. The lowest BCUT2D eigenvalue weighted by Gasteiger charge is -2.18. The molecule has 0 saturated carbocycles. The molecule has 6 heteroatoms. The van der Waals surface area contributed by atoms with Crippen molar-refractivity contribution in [2.45, 2.75) is 45.1 Å². The van der Waals surface area contributed by atoms with Crippen molar-refractivity contribution in [2.24, 2.45) is 0 Å². The van der Waals surface area contributed by atoms with Gasteiger partial charge in [-0.1, -0.05) is 19.9 Å². The van der Waals surface area contributed by atoms with Gasteiger partial charge in [0.05, 0.1) is 18.8 Å². The highest BCUT2D eigenvalue weighted by Gasteiger charge is 2.35. The maximum absolute atomic E-state index is 13.2. The minimum absolute atomic E-state index is 0.119. The third kappa shape index (κ3) is 4.61. The van der Waals surface area contributed by atoms with Crippen molar-refractivity contribution in [3.63, 3.8) is 0 Å². The van der Waals surface area contributed by atoms with Gasteiger partial charge in [-0.05, 0) is 17.7 Å². The molecule has 21 heavy (non-hydrogen) atoms. The summed E-state index contributed by atoms with van der Waals surface area (Å²) < 4.78 is 50.1. The largest absolute Gasteiger partial charge is 0.487 e. The van der Waals surface area contributed by atoms with E-state index in [0.29, 0.717) is 31.7 Å². The van der Waals surface area contributed by atoms with E-state index in [4.69, 9.17) is 9.47 Å².